The van der Waals surface area contributed by atoms with Crippen LogP contribution in [-0.4, -0.2) is 28.5 Å². The Hall–Kier alpha value is -1.43. The van der Waals surface area contributed by atoms with E-state index in [9.17, 15) is 9.59 Å². The number of nitrogens with zero attached hydrogens (tertiary/aromatic N) is 1. The van der Waals surface area contributed by atoms with Crippen molar-refractivity contribution in [3.8, 4) is 0 Å². The highest BCUT2D eigenvalue weighted by atomic mass is 32.1. The van der Waals surface area contributed by atoms with Gasteiger partial charge in [0.1, 0.15) is 0 Å². The fourth-order valence-electron chi connectivity index (χ4n) is 3.56. The van der Waals surface area contributed by atoms with Crippen LogP contribution in [0.15, 0.2) is 5.38 Å². The molecule has 1 aromatic heterocycles. The summed E-state index contributed by atoms with van der Waals surface area (Å²) in [6.45, 7) is 0.541. The minimum absolute atomic E-state index is 0.118. The molecule has 0 radical (unpaired) electrons. The van der Waals surface area contributed by atoms with E-state index in [2.05, 4.69) is 10.7 Å². The predicted molar refractivity (Wildman–Crippen MR) is 88.5 cm³/mol. The Labute approximate surface area is 140 Å². The second-order valence-electron chi connectivity index (χ2n) is 6.67. The van der Waals surface area contributed by atoms with Gasteiger partial charge in [-0.1, -0.05) is 19.3 Å². The van der Waals surface area contributed by atoms with Crippen LogP contribution in [0.1, 0.15) is 61.6 Å². The number of thiazole rings is 1. The average molecular weight is 336 g/mol. The van der Waals surface area contributed by atoms with Gasteiger partial charge >= 0.3 is 5.97 Å². The minimum Gasteiger partial charge on any atom is -0.481 e. The zero-order chi connectivity index (χ0) is 16.2. The summed E-state index contributed by atoms with van der Waals surface area (Å²) in [7, 11) is 0. The molecule has 3 rings (SSSR count). The standard InChI is InChI=1S/C17H24N2O3S/c20-16(12-6-7-13(12)17(21)22)18-9-8-15-19-14(10-23-15)11-4-2-1-3-5-11/h10-13H,1-9H2,(H,18,20)(H,21,22). The van der Waals surface area contributed by atoms with E-state index in [1.54, 1.807) is 11.3 Å². The number of rotatable bonds is 6. The van der Waals surface area contributed by atoms with Crippen LogP contribution in [0.2, 0.25) is 0 Å². The molecule has 1 aromatic rings. The van der Waals surface area contributed by atoms with Gasteiger partial charge < -0.3 is 10.4 Å². The van der Waals surface area contributed by atoms with Gasteiger partial charge in [0.25, 0.3) is 0 Å². The van der Waals surface area contributed by atoms with Crippen molar-refractivity contribution in [2.75, 3.05) is 6.54 Å². The molecule has 0 spiro atoms. The van der Waals surface area contributed by atoms with E-state index in [1.807, 2.05) is 0 Å². The average Bonchev–Trinajstić information content (AvgIpc) is 2.95. The van der Waals surface area contributed by atoms with E-state index in [0.717, 1.165) is 11.4 Å². The topological polar surface area (TPSA) is 79.3 Å². The van der Waals surface area contributed by atoms with Crippen molar-refractivity contribution in [1.29, 1.82) is 0 Å². The Morgan fingerprint density at radius 3 is 2.57 bits per heavy atom. The molecule has 1 amide bonds. The van der Waals surface area contributed by atoms with Crippen molar-refractivity contribution in [2.24, 2.45) is 11.8 Å². The maximum atomic E-state index is 12.0. The smallest absolute Gasteiger partial charge is 0.307 e. The van der Waals surface area contributed by atoms with Crippen LogP contribution in [0, 0.1) is 11.8 Å². The van der Waals surface area contributed by atoms with E-state index >= 15 is 0 Å². The Balaban J connectivity index is 1.43. The minimum atomic E-state index is -0.853. The first-order valence-electron chi connectivity index (χ1n) is 8.60. The largest absolute Gasteiger partial charge is 0.481 e. The first-order chi connectivity index (χ1) is 11.1. The number of hydrogen-bond donors (Lipinski definition) is 2. The van der Waals surface area contributed by atoms with Gasteiger partial charge in [-0.25, -0.2) is 4.98 Å². The normalized spacial score (nSPS) is 24.9. The number of aliphatic carboxylic acids is 1. The molecular weight excluding hydrogens is 312 g/mol. The van der Waals surface area contributed by atoms with Gasteiger partial charge in [0, 0.05) is 24.3 Å². The van der Waals surface area contributed by atoms with Crippen molar-refractivity contribution in [3.63, 3.8) is 0 Å². The number of carbonyl (C=O) groups excluding carboxylic acids is 1. The molecule has 5 nitrogen and oxygen atoms in total. The highest BCUT2D eigenvalue weighted by Crippen LogP contribution is 2.35. The second-order valence-corrected chi connectivity index (χ2v) is 7.61. The third-order valence-electron chi connectivity index (χ3n) is 5.16. The summed E-state index contributed by atoms with van der Waals surface area (Å²) in [5, 5.41) is 15.1. The van der Waals surface area contributed by atoms with Gasteiger partial charge in [0.15, 0.2) is 0 Å². The van der Waals surface area contributed by atoms with E-state index < -0.39 is 11.9 Å². The molecule has 0 bridgehead atoms. The molecule has 2 saturated carbocycles. The maximum Gasteiger partial charge on any atom is 0.307 e. The van der Waals surface area contributed by atoms with Crippen molar-refractivity contribution in [1.82, 2.24) is 10.3 Å². The van der Waals surface area contributed by atoms with Crippen LogP contribution >= 0.6 is 11.3 Å². The number of aromatic nitrogens is 1. The predicted octanol–water partition coefficient (Wildman–Crippen LogP) is 2.96. The fraction of sp³-hybridized carbons (Fsp3) is 0.706. The number of nitrogens with one attached hydrogen (secondary N) is 1. The van der Waals surface area contributed by atoms with Gasteiger partial charge in [-0.15, -0.1) is 11.3 Å². The lowest BCUT2D eigenvalue weighted by Crippen LogP contribution is -2.44. The number of carboxylic acids is 1. The van der Waals surface area contributed by atoms with Crippen LogP contribution in [-0.2, 0) is 16.0 Å². The Kier molecular flexibility index (Phi) is 5.30. The summed E-state index contributed by atoms with van der Waals surface area (Å²) in [5.74, 6) is -1.19. The number of hydrogen-bond acceptors (Lipinski definition) is 4. The molecule has 0 saturated heterocycles. The van der Waals surface area contributed by atoms with Gasteiger partial charge in [0.05, 0.1) is 22.5 Å². The highest BCUT2D eigenvalue weighted by molar-refractivity contribution is 7.09. The monoisotopic (exact) mass is 336 g/mol. The molecule has 2 N–H and O–H groups in total. The first-order valence-corrected chi connectivity index (χ1v) is 9.48. The SMILES string of the molecule is O=C(O)C1CCC1C(=O)NCCc1nc(C2CCCCC2)cs1. The third kappa shape index (κ3) is 3.91. The lowest BCUT2D eigenvalue weighted by atomic mass is 9.73. The van der Waals surface area contributed by atoms with E-state index in [1.165, 1.54) is 37.8 Å². The van der Waals surface area contributed by atoms with E-state index in [-0.39, 0.29) is 11.8 Å². The van der Waals surface area contributed by atoms with Crippen molar-refractivity contribution < 1.29 is 14.7 Å². The van der Waals surface area contributed by atoms with Gasteiger partial charge in [-0.2, -0.15) is 0 Å². The summed E-state index contributed by atoms with van der Waals surface area (Å²) in [6, 6.07) is 0. The quantitative estimate of drug-likeness (QED) is 0.837. The maximum absolute atomic E-state index is 12.0. The third-order valence-corrected chi connectivity index (χ3v) is 6.09. The zero-order valence-corrected chi connectivity index (χ0v) is 14.1. The van der Waals surface area contributed by atoms with E-state index in [0.29, 0.717) is 25.3 Å². The van der Waals surface area contributed by atoms with Crippen LogP contribution in [0.25, 0.3) is 0 Å². The number of carboxylic acid groups (broad SMARTS) is 1. The summed E-state index contributed by atoms with van der Waals surface area (Å²) >= 11 is 1.67. The van der Waals surface area contributed by atoms with Crippen LogP contribution in [0.4, 0.5) is 0 Å². The first kappa shape index (κ1) is 16.4. The molecule has 2 fully saturated rings. The molecule has 0 aliphatic heterocycles. The molecule has 23 heavy (non-hydrogen) atoms. The molecule has 1 heterocycles. The Morgan fingerprint density at radius 1 is 1.17 bits per heavy atom. The lowest BCUT2D eigenvalue weighted by Gasteiger charge is -2.31. The lowest BCUT2D eigenvalue weighted by molar-refractivity contribution is -0.152. The van der Waals surface area contributed by atoms with Gasteiger partial charge in [-0.05, 0) is 25.7 Å². The van der Waals surface area contributed by atoms with Crippen molar-refractivity contribution >= 4 is 23.2 Å². The molecular formula is C17H24N2O3S. The van der Waals surface area contributed by atoms with Gasteiger partial charge in [0.2, 0.25) is 5.91 Å². The van der Waals surface area contributed by atoms with Crippen molar-refractivity contribution in [3.05, 3.63) is 16.1 Å². The molecule has 2 aliphatic carbocycles. The zero-order valence-electron chi connectivity index (χ0n) is 13.3. The molecule has 0 aromatic carbocycles. The molecule has 126 valence electrons. The van der Waals surface area contributed by atoms with Crippen LogP contribution in [0.3, 0.4) is 0 Å². The Morgan fingerprint density at radius 2 is 1.91 bits per heavy atom. The number of carbonyl (C=O) groups is 2. The summed E-state index contributed by atoms with van der Waals surface area (Å²) in [6.07, 6.45) is 8.48. The summed E-state index contributed by atoms with van der Waals surface area (Å²) in [5.41, 5.74) is 1.22. The summed E-state index contributed by atoms with van der Waals surface area (Å²) in [4.78, 5) is 27.7. The molecule has 2 unspecified atom stereocenters. The van der Waals surface area contributed by atoms with E-state index in [4.69, 9.17) is 10.1 Å². The van der Waals surface area contributed by atoms with Gasteiger partial charge in [-0.3, -0.25) is 9.59 Å². The molecule has 2 atom stereocenters. The van der Waals surface area contributed by atoms with Crippen LogP contribution in [0.5, 0.6) is 0 Å². The Bertz CT molecular complexity index is 566. The molecule has 6 heteroatoms. The number of amides is 1. The highest BCUT2D eigenvalue weighted by Gasteiger charge is 2.41. The van der Waals surface area contributed by atoms with Crippen molar-refractivity contribution in [2.45, 2.75) is 57.3 Å². The fourth-order valence-corrected chi connectivity index (χ4v) is 4.44. The second kappa shape index (κ2) is 7.43. The summed E-state index contributed by atoms with van der Waals surface area (Å²) < 4.78 is 0. The molecule has 2 aliphatic rings. The van der Waals surface area contributed by atoms with Crippen LogP contribution < -0.4 is 5.32 Å².